The van der Waals surface area contributed by atoms with Crippen LogP contribution in [0.25, 0.3) is 0 Å². The third kappa shape index (κ3) is 2.76. The molecule has 1 aromatic rings. The minimum absolute atomic E-state index is 0.0799. The predicted octanol–water partition coefficient (Wildman–Crippen LogP) is 1.69. The van der Waals surface area contributed by atoms with Gasteiger partial charge < -0.3 is 4.90 Å². The van der Waals surface area contributed by atoms with Crippen molar-refractivity contribution in [3.8, 4) is 6.07 Å². The summed E-state index contributed by atoms with van der Waals surface area (Å²) in [5.41, 5.74) is 0. The monoisotopic (exact) mass is 278 g/mol. The van der Waals surface area contributed by atoms with Crippen LogP contribution in [-0.4, -0.2) is 44.7 Å². The van der Waals surface area contributed by atoms with Crippen LogP contribution in [-0.2, 0) is 4.79 Å². The van der Waals surface area contributed by atoms with E-state index in [0.717, 1.165) is 12.8 Å². The lowest BCUT2D eigenvalue weighted by Gasteiger charge is -2.37. The average Bonchev–Trinajstić information content (AvgIpc) is 3.00. The Morgan fingerprint density at radius 3 is 2.68 bits per heavy atom. The maximum Gasteiger partial charge on any atom is 0.247 e. The van der Waals surface area contributed by atoms with Gasteiger partial charge in [0.2, 0.25) is 5.91 Å². The number of amides is 1. The van der Waals surface area contributed by atoms with Gasteiger partial charge in [-0.15, -0.1) is 11.8 Å². The van der Waals surface area contributed by atoms with Crippen molar-refractivity contribution in [2.24, 2.45) is 0 Å². The van der Waals surface area contributed by atoms with Crippen LogP contribution in [0.5, 0.6) is 0 Å². The molecule has 0 spiro atoms. The molecule has 1 fully saturated rings. The molecular weight excluding hydrogens is 260 g/mol. The molecule has 1 atom stereocenters. The molecule has 0 aromatic carbocycles. The van der Waals surface area contributed by atoms with Crippen molar-refractivity contribution in [3.05, 3.63) is 18.5 Å². The van der Waals surface area contributed by atoms with Gasteiger partial charge in [-0.25, -0.2) is 0 Å². The van der Waals surface area contributed by atoms with Crippen molar-refractivity contribution in [1.82, 2.24) is 14.7 Å². The fraction of sp³-hybridized carbons (Fsp3) is 0.615. The summed E-state index contributed by atoms with van der Waals surface area (Å²) in [6.45, 7) is 3.16. The molecular formula is C13H18N4OS. The lowest BCUT2D eigenvalue weighted by molar-refractivity contribution is -0.135. The van der Waals surface area contributed by atoms with Gasteiger partial charge in [0.25, 0.3) is 0 Å². The average molecular weight is 278 g/mol. The largest absolute Gasteiger partial charge is 0.341 e. The molecule has 1 amide bonds. The highest BCUT2D eigenvalue weighted by atomic mass is 32.2. The second kappa shape index (κ2) is 5.66. The third-order valence-corrected chi connectivity index (χ3v) is 5.04. The molecule has 0 saturated carbocycles. The Morgan fingerprint density at radius 2 is 2.21 bits per heavy atom. The zero-order chi connectivity index (χ0) is 13.9. The molecule has 5 nitrogen and oxygen atoms in total. The Bertz CT molecular complexity index is 471. The van der Waals surface area contributed by atoms with E-state index in [-0.39, 0.29) is 16.7 Å². The summed E-state index contributed by atoms with van der Waals surface area (Å²) in [6.07, 6.45) is 6.92. The second-order valence-electron chi connectivity index (χ2n) is 4.80. The van der Waals surface area contributed by atoms with E-state index in [2.05, 4.69) is 11.2 Å². The van der Waals surface area contributed by atoms with Gasteiger partial charge >= 0.3 is 0 Å². The highest BCUT2D eigenvalue weighted by molar-refractivity contribution is 8.00. The number of aromatic nitrogens is 2. The summed E-state index contributed by atoms with van der Waals surface area (Å²) in [4.78, 5) is 14.2. The first-order valence-corrected chi connectivity index (χ1v) is 7.59. The highest BCUT2D eigenvalue weighted by Crippen LogP contribution is 2.34. The number of nitriles is 1. The van der Waals surface area contributed by atoms with Gasteiger partial charge in [-0.2, -0.15) is 10.4 Å². The molecule has 0 radical (unpaired) electrons. The molecule has 102 valence electrons. The van der Waals surface area contributed by atoms with Crippen LogP contribution in [0.15, 0.2) is 18.5 Å². The molecule has 19 heavy (non-hydrogen) atoms. The quantitative estimate of drug-likeness (QED) is 0.844. The van der Waals surface area contributed by atoms with Crippen molar-refractivity contribution in [2.75, 3.05) is 19.3 Å². The Morgan fingerprint density at radius 1 is 1.53 bits per heavy atom. The van der Waals surface area contributed by atoms with Crippen LogP contribution >= 0.6 is 11.8 Å². The van der Waals surface area contributed by atoms with E-state index in [1.165, 1.54) is 0 Å². The summed E-state index contributed by atoms with van der Waals surface area (Å²) in [5.74, 6) is 0.0799. The molecule has 1 saturated heterocycles. The fourth-order valence-corrected chi connectivity index (χ4v) is 3.02. The number of carbonyl (C=O) groups excluding carboxylic acids is 1. The summed E-state index contributed by atoms with van der Waals surface area (Å²) in [6, 6.07) is 3.93. The van der Waals surface area contributed by atoms with Gasteiger partial charge in [0, 0.05) is 25.5 Å². The lowest BCUT2D eigenvalue weighted by atomic mass is 9.97. The molecule has 1 aliphatic rings. The second-order valence-corrected chi connectivity index (χ2v) is 5.99. The predicted molar refractivity (Wildman–Crippen MR) is 74.6 cm³/mol. The van der Waals surface area contributed by atoms with E-state index in [1.54, 1.807) is 28.8 Å². The van der Waals surface area contributed by atoms with E-state index in [1.807, 2.05) is 24.1 Å². The number of hydrogen-bond donors (Lipinski definition) is 0. The Kier molecular flexibility index (Phi) is 4.15. The van der Waals surface area contributed by atoms with E-state index in [0.29, 0.717) is 13.1 Å². The van der Waals surface area contributed by atoms with Crippen LogP contribution in [0.2, 0.25) is 0 Å². The standard InChI is InChI=1S/C13H18N4OS/c1-11(17-7-3-6-15-17)12(18)16-8-4-13(10-14,19-2)5-9-16/h3,6-7,11H,4-5,8-9H2,1-2H3. The maximum atomic E-state index is 12.4. The van der Waals surface area contributed by atoms with Gasteiger partial charge in [-0.05, 0) is 32.1 Å². The molecule has 1 unspecified atom stereocenters. The zero-order valence-corrected chi connectivity index (χ0v) is 12.1. The van der Waals surface area contributed by atoms with Crippen molar-refractivity contribution in [3.63, 3.8) is 0 Å². The van der Waals surface area contributed by atoms with E-state index < -0.39 is 0 Å². The van der Waals surface area contributed by atoms with Crippen molar-refractivity contribution < 1.29 is 4.79 Å². The Labute approximate surface area is 117 Å². The number of carbonyl (C=O) groups is 1. The van der Waals surface area contributed by atoms with E-state index in [4.69, 9.17) is 0 Å². The summed E-state index contributed by atoms with van der Waals surface area (Å²) in [7, 11) is 0. The van der Waals surface area contributed by atoms with Crippen LogP contribution < -0.4 is 0 Å². The maximum absolute atomic E-state index is 12.4. The molecule has 1 aliphatic heterocycles. The van der Waals surface area contributed by atoms with Gasteiger partial charge in [0.15, 0.2) is 0 Å². The minimum atomic E-state index is -0.314. The van der Waals surface area contributed by atoms with Crippen LogP contribution in [0.3, 0.4) is 0 Å². The molecule has 1 aromatic heterocycles. The van der Waals surface area contributed by atoms with Gasteiger partial charge in [-0.3, -0.25) is 9.48 Å². The minimum Gasteiger partial charge on any atom is -0.341 e. The molecule has 2 rings (SSSR count). The number of likely N-dealkylation sites (tertiary alicyclic amines) is 1. The Hall–Kier alpha value is -1.48. The molecule has 0 N–H and O–H groups in total. The zero-order valence-electron chi connectivity index (χ0n) is 11.2. The highest BCUT2D eigenvalue weighted by Gasteiger charge is 2.36. The first-order valence-electron chi connectivity index (χ1n) is 6.36. The van der Waals surface area contributed by atoms with Crippen LogP contribution in [0, 0.1) is 11.3 Å². The van der Waals surface area contributed by atoms with Gasteiger partial charge in [0.05, 0.1) is 6.07 Å². The molecule has 0 bridgehead atoms. The van der Waals surface area contributed by atoms with Gasteiger partial charge in [0.1, 0.15) is 10.8 Å². The fourth-order valence-electron chi connectivity index (χ4n) is 2.34. The first-order chi connectivity index (χ1) is 9.12. The van der Waals surface area contributed by atoms with Crippen molar-refractivity contribution in [2.45, 2.75) is 30.6 Å². The number of rotatable bonds is 3. The van der Waals surface area contributed by atoms with Crippen molar-refractivity contribution >= 4 is 17.7 Å². The summed E-state index contributed by atoms with van der Waals surface area (Å²) in [5, 5.41) is 13.3. The van der Waals surface area contributed by atoms with E-state index >= 15 is 0 Å². The molecule has 6 heteroatoms. The topological polar surface area (TPSA) is 61.9 Å². The first kappa shape index (κ1) is 13.9. The van der Waals surface area contributed by atoms with Crippen LogP contribution in [0.4, 0.5) is 0 Å². The number of thioether (sulfide) groups is 1. The number of hydrogen-bond acceptors (Lipinski definition) is 4. The molecule has 0 aliphatic carbocycles. The summed E-state index contributed by atoms with van der Waals surface area (Å²) < 4.78 is 1.36. The van der Waals surface area contributed by atoms with Gasteiger partial charge in [-0.1, -0.05) is 0 Å². The van der Waals surface area contributed by atoms with Crippen molar-refractivity contribution in [1.29, 1.82) is 5.26 Å². The number of nitrogens with zero attached hydrogens (tertiary/aromatic N) is 4. The lowest BCUT2D eigenvalue weighted by Crippen LogP contribution is -2.46. The molecule has 2 heterocycles. The normalized spacial score (nSPS) is 19.7. The third-order valence-electron chi connectivity index (χ3n) is 3.76. The van der Waals surface area contributed by atoms with E-state index in [9.17, 15) is 10.1 Å². The summed E-state index contributed by atoms with van der Waals surface area (Å²) >= 11 is 1.60. The Balaban J connectivity index is 1.98. The smallest absolute Gasteiger partial charge is 0.247 e. The SMILES string of the molecule is CSC1(C#N)CCN(C(=O)C(C)n2cccn2)CC1. The number of piperidine rings is 1. The van der Waals surface area contributed by atoms with Crippen LogP contribution in [0.1, 0.15) is 25.8 Å².